The molecule has 5 atom stereocenters. The monoisotopic (exact) mass is 628 g/mol. The van der Waals surface area contributed by atoms with E-state index in [4.69, 9.17) is 18.2 Å². The molecule has 0 aliphatic carbocycles. The van der Waals surface area contributed by atoms with Crippen molar-refractivity contribution in [2.24, 2.45) is 0 Å². The minimum atomic E-state index is -4.32. The third-order valence-corrected chi connectivity index (χ3v) is 13.9. The number of likely N-dealkylation sites (tertiary alicyclic amines) is 1. The summed E-state index contributed by atoms with van der Waals surface area (Å²) in [6.07, 6.45) is -2.46. The molecule has 11 nitrogen and oxygen atoms in total. The first-order chi connectivity index (χ1) is 19.4. The van der Waals surface area contributed by atoms with Gasteiger partial charge in [-0.2, -0.15) is 13.9 Å². The lowest BCUT2D eigenvalue weighted by Crippen LogP contribution is -2.56. The molecule has 3 amide bonds. The van der Waals surface area contributed by atoms with Gasteiger partial charge in [-0.15, -0.1) is 0 Å². The van der Waals surface area contributed by atoms with Crippen LogP contribution < -0.4 is 14.9 Å². The Kier molecular flexibility index (Phi) is 9.09. The molecule has 0 spiro atoms. The van der Waals surface area contributed by atoms with Crippen molar-refractivity contribution in [2.45, 2.75) is 75.7 Å². The minimum absolute atomic E-state index is 0.187. The van der Waals surface area contributed by atoms with E-state index >= 15 is 8.78 Å². The summed E-state index contributed by atoms with van der Waals surface area (Å²) in [7, 11) is -5.52. The highest BCUT2D eigenvalue weighted by Gasteiger charge is 2.64. The van der Waals surface area contributed by atoms with Crippen LogP contribution in [0.1, 0.15) is 27.2 Å². The van der Waals surface area contributed by atoms with Crippen LogP contribution in [0.25, 0.3) is 0 Å². The molecule has 42 heavy (non-hydrogen) atoms. The standard InChI is InChI=1S/C27H39F2N4O7PSi/c1-18-13-16-33(25(35)30-18)24-27(28,29)22(40-42(6,7)26(2,3)4)21(38-24)17-37-41(36,39-19-11-9-8-10-12-19)31-20-14-15-32(5)23(20)34/h8-13,16,20-22,24H,1,14-15,17H2,2-7H3,(H,30,35)(H,31,36)/t20?,21-,22-,24-,41?/m1/s1. The van der Waals surface area contributed by atoms with Gasteiger partial charge in [0, 0.05) is 25.5 Å². The number of hydrogen-bond acceptors (Lipinski definition) is 7. The van der Waals surface area contributed by atoms with Crippen molar-refractivity contribution in [3.8, 4) is 5.75 Å². The number of carbonyl (C=O) groups is 2. The van der Waals surface area contributed by atoms with Crippen LogP contribution in [-0.2, 0) is 23.0 Å². The lowest BCUT2D eigenvalue weighted by molar-refractivity contribution is -0.142. The van der Waals surface area contributed by atoms with Gasteiger partial charge in [0.1, 0.15) is 18.0 Å². The molecule has 232 valence electrons. The van der Waals surface area contributed by atoms with E-state index in [9.17, 15) is 14.2 Å². The number of urea groups is 1. The predicted octanol–water partition coefficient (Wildman–Crippen LogP) is 4.81. The fraction of sp³-hybridized carbons (Fsp3) is 0.556. The van der Waals surface area contributed by atoms with Gasteiger partial charge in [0.15, 0.2) is 8.32 Å². The number of rotatable bonds is 10. The number of benzene rings is 1. The topological polar surface area (TPSA) is 119 Å². The zero-order valence-corrected chi connectivity index (χ0v) is 26.5. The van der Waals surface area contributed by atoms with Crippen molar-refractivity contribution in [2.75, 3.05) is 20.2 Å². The lowest BCUT2D eigenvalue weighted by Gasteiger charge is -2.40. The molecule has 2 N–H and O–H groups in total. The molecule has 3 aliphatic heterocycles. The average molecular weight is 629 g/mol. The van der Waals surface area contributed by atoms with Crippen LogP contribution in [0.3, 0.4) is 0 Å². The van der Waals surface area contributed by atoms with Crippen LogP contribution >= 0.6 is 7.75 Å². The molecule has 3 aliphatic rings. The van der Waals surface area contributed by atoms with Gasteiger partial charge in [-0.3, -0.25) is 14.2 Å². The van der Waals surface area contributed by atoms with E-state index in [1.165, 1.54) is 17.2 Å². The summed E-state index contributed by atoms with van der Waals surface area (Å²) in [6, 6.07) is 6.45. The highest BCUT2D eigenvalue weighted by atomic mass is 31.2. The molecular weight excluding hydrogens is 589 g/mol. The second-order valence-corrected chi connectivity index (χ2v) is 18.6. The molecule has 1 aromatic carbocycles. The molecule has 2 fully saturated rings. The minimum Gasteiger partial charge on any atom is -0.413 e. The van der Waals surface area contributed by atoms with Gasteiger partial charge in [0.2, 0.25) is 12.1 Å². The number of likely N-dealkylation sites (N-methyl/N-ethyl adjacent to an activating group) is 1. The lowest BCUT2D eigenvalue weighted by atomic mass is 10.1. The Hall–Kier alpha value is -2.61. The molecule has 15 heteroatoms. The van der Waals surface area contributed by atoms with Gasteiger partial charge in [-0.25, -0.2) is 9.36 Å². The Bertz CT molecular complexity index is 1280. The zero-order chi connectivity index (χ0) is 31.1. The number of allylic oxidation sites excluding steroid dienone is 1. The highest BCUT2D eigenvalue weighted by molar-refractivity contribution is 7.52. The SMILES string of the molecule is C=C1C=CN([C@@H]2O[C@H](COP(=O)(NC3CCN(C)C3=O)Oc3ccccc3)[C@@H](O[Si](C)(C)C(C)(C)C)C2(F)F)C(=O)N1. The number of ether oxygens (including phenoxy) is 1. The van der Waals surface area contributed by atoms with Crippen LogP contribution in [-0.4, -0.2) is 80.7 Å². The summed E-state index contributed by atoms with van der Waals surface area (Å²) in [4.78, 5) is 27.4. The molecule has 4 rings (SSSR count). The molecule has 3 heterocycles. The average Bonchev–Trinajstić information content (AvgIpc) is 3.32. The fourth-order valence-electron chi connectivity index (χ4n) is 4.42. The summed E-state index contributed by atoms with van der Waals surface area (Å²) in [6.45, 7) is 12.8. The van der Waals surface area contributed by atoms with E-state index in [1.807, 2.05) is 33.9 Å². The number of halogens is 2. The Labute approximate surface area is 245 Å². The number of hydrogen-bond donors (Lipinski definition) is 2. The first-order valence-corrected chi connectivity index (χ1v) is 18.1. The summed E-state index contributed by atoms with van der Waals surface area (Å²) in [5, 5.41) is 4.65. The van der Waals surface area contributed by atoms with Gasteiger partial charge in [0.25, 0.3) is 0 Å². The summed E-state index contributed by atoms with van der Waals surface area (Å²) in [5.74, 6) is -3.80. The van der Waals surface area contributed by atoms with E-state index in [-0.39, 0.29) is 17.4 Å². The zero-order valence-electron chi connectivity index (χ0n) is 24.6. The Balaban J connectivity index is 1.63. The first-order valence-electron chi connectivity index (χ1n) is 13.6. The number of carbonyl (C=O) groups excluding carboxylic acids is 2. The van der Waals surface area contributed by atoms with Crippen LogP contribution in [0.4, 0.5) is 13.6 Å². The molecular formula is C27H39F2N4O7PSi. The predicted molar refractivity (Wildman–Crippen MR) is 154 cm³/mol. The maximum absolute atomic E-state index is 16.2. The molecule has 2 unspecified atom stereocenters. The van der Waals surface area contributed by atoms with E-state index in [0.29, 0.717) is 13.0 Å². The first kappa shape index (κ1) is 32.3. The second kappa shape index (κ2) is 11.8. The van der Waals surface area contributed by atoms with E-state index in [2.05, 4.69) is 17.0 Å². The van der Waals surface area contributed by atoms with Gasteiger partial charge >= 0.3 is 19.7 Å². The van der Waals surface area contributed by atoms with Gasteiger partial charge in [0.05, 0.1) is 12.6 Å². The molecule has 0 radical (unpaired) electrons. The highest BCUT2D eigenvalue weighted by Crippen LogP contribution is 2.49. The molecule has 2 saturated heterocycles. The Morgan fingerprint density at radius 3 is 2.48 bits per heavy atom. The van der Waals surface area contributed by atoms with Gasteiger partial charge in [-0.05, 0) is 42.8 Å². The van der Waals surface area contributed by atoms with Crippen molar-refractivity contribution < 1.29 is 41.1 Å². The largest absolute Gasteiger partial charge is 0.459 e. The third kappa shape index (κ3) is 6.79. The van der Waals surface area contributed by atoms with Crippen molar-refractivity contribution in [1.29, 1.82) is 0 Å². The van der Waals surface area contributed by atoms with E-state index in [1.54, 1.807) is 37.4 Å². The van der Waals surface area contributed by atoms with Crippen molar-refractivity contribution >= 4 is 28.0 Å². The van der Waals surface area contributed by atoms with Crippen LogP contribution in [0.5, 0.6) is 5.75 Å². The molecule has 1 aromatic rings. The fourth-order valence-corrected chi connectivity index (χ4v) is 7.26. The number of amides is 3. The third-order valence-electron chi connectivity index (χ3n) is 7.89. The maximum Gasteiger partial charge on any atom is 0.459 e. The smallest absolute Gasteiger partial charge is 0.413 e. The Morgan fingerprint density at radius 1 is 1.24 bits per heavy atom. The van der Waals surface area contributed by atoms with Crippen molar-refractivity contribution in [3.63, 3.8) is 0 Å². The summed E-state index contributed by atoms with van der Waals surface area (Å²) >= 11 is 0. The normalized spacial score (nSPS) is 27.8. The molecule has 0 bridgehead atoms. The van der Waals surface area contributed by atoms with Crippen molar-refractivity contribution in [3.05, 3.63) is 54.9 Å². The Morgan fingerprint density at radius 2 is 1.90 bits per heavy atom. The van der Waals surface area contributed by atoms with Crippen molar-refractivity contribution in [1.82, 2.24) is 20.2 Å². The molecule has 0 aromatic heterocycles. The number of para-hydroxylation sites is 1. The molecule has 0 saturated carbocycles. The maximum atomic E-state index is 16.2. The van der Waals surface area contributed by atoms with Crippen LogP contribution in [0, 0.1) is 0 Å². The van der Waals surface area contributed by atoms with Crippen LogP contribution in [0.15, 0.2) is 54.9 Å². The summed E-state index contributed by atoms with van der Waals surface area (Å²) < 4.78 is 69.8. The van der Waals surface area contributed by atoms with E-state index in [0.717, 1.165) is 4.90 Å². The number of nitrogens with zero attached hydrogens (tertiary/aromatic N) is 2. The van der Waals surface area contributed by atoms with Gasteiger partial charge < -0.3 is 23.9 Å². The number of alkyl halides is 2. The summed E-state index contributed by atoms with van der Waals surface area (Å²) in [5.41, 5.74) is 0.240. The van der Waals surface area contributed by atoms with Gasteiger partial charge in [-0.1, -0.05) is 45.5 Å². The quantitative estimate of drug-likeness (QED) is 0.280. The second-order valence-electron chi connectivity index (χ2n) is 12.1. The van der Waals surface area contributed by atoms with Crippen LogP contribution in [0.2, 0.25) is 18.1 Å². The van der Waals surface area contributed by atoms with E-state index < -0.39 is 64.1 Å². The number of nitrogens with one attached hydrogen (secondary N) is 2.